The maximum absolute atomic E-state index is 13.9. The number of aryl methyl sites for hydroxylation is 1. The van der Waals surface area contributed by atoms with Crippen LogP contribution in [0.1, 0.15) is 21.5 Å². The minimum Gasteiger partial charge on any atom is -0.337 e. The van der Waals surface area contributed by atoms with Crippen LogP contribution in [0.25, 0.3) is 10.9 Å². The molecule has 0 saturated heterocycles. The van der Waals surface area contributed by atoms with E-state index in [9.17, 15) is 23.2 Å². The number of benzene rings is 2. The number of ketones is 1. The molecule has 2 aromatic carbocycles. The highest BCUT2D eigenvalue weighted by Crippen LogP contribution is 2.18. The zero-order chi connectivity index (χ0) is 22.8. The smallest absolute Gasteiger partial charge is 0.244 e. The molecule has 1 N–H and O–H groups in total. The molecule has 0 radical (unpaired) electrons. The van der Waals surface area contributed by atoms with Crippen LogP contribution in [0.3, 0.4) is 0 Å². The van der Waals surface area contributed by atoms with Gasteiger partial charge < -0.3 is 9.88 Å². The highest BCUT2D eigenvalue weighted by atomic mass is 19.1. The van der Waals surface area contributed by atoms with Gasteiger partial charge in [0.25, 0.3) is 0 Å². The van der Waals surface area contributed by atoms with E-state index in [0.29, 0.717) is 11.6 Å². The maximum Gasteiger partial charge on any atom is 0.244 e. The molecule has 6 nitrogen and oxygen atoms in total. The molecule has 2 aromatic heterocycles. The Morgan fingerprint density at radius 3 is 2.50 bits per heavy atom. The van der Waals surface area contributed by atoms with Crippen LogP contribution in [-0.2, 0) is 11.3 Å². The number of fused-ring (bicyclic) bond motifs is 1. The van der Waals surface area contributed by atoms with Gasteiger partial charge in [-0.1, -0.05) is 11.6 Å². The molecule has 160 valence electrons. The molecular weight excluding hydrogens is 416 g/mol. The third kappa shape index (κ3) is 4.15. The van der Waals surface area contributed by atoms with Crippen molar-refractivity contribution in [3.8, 4) is 0 Å². The van der Waals surface area contributed by atoms with Gasteiger partial charge in [-0.2, -0.15) is 0 Å². The van der Waals surface area contributed by atoms with Crippen molar-refractivity contribution >= 4 is 28.3 Å². The molecule has 0 aliphatic rings. The Balaban J connectivity index is 1.76. The van der Waals surface area contributed by atoms with Crippen LogP contribution in [0.5, 0.6) is 0 Å². The number of nitrogens with zero attached hydrogens (tertiary/aromatic N) is 2. The van der Waals surface area contributed by atoms with Crippen molar-refractivity contribution in [2.75, 3.05) is 5.32 Å². The van der Waals surface area contributed by atoms with Crippen molar-refractivity contribution < 1.29 is 18.4 Å². The lowest BCUT2D eigenvalue weighted by Crippen LogP contribution is -2.24. The van der Waals surface area contributed by atoms with Crippen LogP contribution in [0.15, 0.2) is 71.9 Å². The van der Waals surface area contributed by atoms with Gasteiger partial charge in [0.15, 0.2) is 5.78 Å². The van der Waals surface area contributed by atoms with Gasteiger partial charge >= 0.3 is 0 Å². The van der Waals surface area contributed by atoms with Gasteiger partial charge in [0.1, 0.15) is 18.2 Å². The molecule has 2 heterocycles. The lowest BCUT2D eigenvalue weighted by molar-refractivity contribution is -0.116. The number of hydrogen-bond acceptors (Lipinski definition) is 4. The Kier molecular flexibility index (Phi) is 5.59. The van der Waals surface area contributed by atoms with Crippen LogP contribution in [0, 0.1) is 18.6 Å². The fraction of sp³-hybridized carbons (Fsp3) is 0.0833. The van der Waals surface area contributed by atoms with Crippen LogP contribution in [0.2, 0.25) is 0 Å². The molecule has 4 rings (SSSR count). The first-order valence-electron chi connectivity index (χ1n) is 9.67. The molecule has 0 unspecified atom stereocenters. The first-order valence-corrected chi connectivity index (χ1v) is 9.67. The number of anilines is 1. The van der Waals surface area contributed by atoms with Crippen molar-refractivity contribution in [3.05, 3.63) is 106 Å². The second-order valence-corrected chi connectivity index (χ2v) is 7.26. The molecule has 0 atom stereocenters. The van der Waals surface area contributed by atoms with E-state index in [-0.39, 0.29) is 28.7 Å². The van der Waals surface area contributed by atoms with E-state index in [4.69, 9.17) is 0 Å². The van der Waals surface area contributed by atoms with Crippen molar-refractivity contribution in [1.29, 1.82) is 0 Å². The van der Waals surface area contributed by atoms with Crippen LogP contribution in [-0.4, -0.2) is 21.2 Å². The van der Waals surface area contributed by atoms with Gasteiger partial charge in [-0.05, 0) is 43.3 Å². The molecule has 0 saturated carbocycles. The topological polar surface area (TPSA) is 81.1 Å². The maximum atomic E-state index is 13.9. The van der Waals surface area contributed by atoms with Gasteiger partial charge in [-0.3, -0.25) is 19.4 Å². The molecule has 0 aliphatic carbocycles. The molecule has 1 amide bonds. The summed E-state index contributed by atoms with van der Waals surface area (Å²) >= 11 is 0. The Morgan fingerprint density at radius 2 is 1.78 bits per heavy atom. The van der Waals surface area contributed by atoms with E-state index in [1.54, 1.807) is 18.2 Å². The zero-order valence-electron chi connectivity index (χ0n) is 16.9. The summed E-state index contributed by atoms with van der Waals surface area (Å²) in [6.07, 6.45) is 4.21. The van der Waals surface area contributed by atoms with Crippen molar-refractivity contribution in [1.82, 2.24) is 9.55 Å². The molecule has 32 heavy (non-hydrogen) atoms. The summed E-state index contributed by atoms with van der Waals surface area (Å²) in [7, 11) is 0. The van der Waals surface area contributed by atoms with E-state index >= 15 is 0 Å². The average molecular weight is 433 g/mol. The second kappa shape index (κ2) is 8.50. The van der Waals surface area contributed by atoms with E-state index in [0.717, 1.165) is 17.7 Å². The number of pyridine rings is 2. The lowest BCUT2D eigenvalue weighted by Gasteiger charge is -2.14. The highest BCUT2D eigenvalue weighted by molar-refractivity contribution is 6.10. The zero-order valence-corrected chi connectivity index (χ0v) is 16.9. The van der Waals surface area contributed by atoms with Crippen molar-refractivity contribution in [3.63, 3.8) is 0 Å². The van der Waals surface area contributed by atoms with Gasteiger partial charge in [0.2, 0.25) is 11.3 Å². The Labute approximate surface area is 181 Å². The molecule has 4 aromatic rings. The number of amides is 1. The highest BCUT2D eigenvalue weighted by Gasteiger charge is 2.19. The third-order valence-corrected chi connectivity index (χ3v) is 4.94. The van der Waals surface area contributed by atoms with Crippen LogP contribution in [0.4, 0.5) is 14.5 Å². The molecule has 0 fully saturated rings. The summed E-state index contributed by atoms with van der Waals surface area (Å²) in [5.41, 5.74) is 0.815. The quantitative estimate of drug-likeness (QED) is 0.485. The first-order chi connectivity index (χ1) is 15.3. The number of rotatable bonds is 5. The molecule has 0 spiro atoms. The molecule has 8 heteroatoms. The molecule has 0 bridgehead atoms. The summed E-state index contributed by atoms with van der Waals surface area (Å²) in [6, 6.07) is 10.9. The van der Waals surface area contributed by atoms with Gasteiger partial charge in [0.05, 0.1) is 16.8 Å². The van der Waals surface area contributed by atoms with Crippen LogP contribution < -0.4 is 10.7 Å². The Hall–Kier alpha value is -4.20. The predicted octanol–water partition coefficient (Wildman–Crippen LogP) is 3.85. The minimum atomic E-state index is -0.910. The van der Waals surface area contributed by atoms with Crippen LogP contribution >= 0.6 is 0 Å². The Bertz CT molecular complexity index is 1420. The third-order valence-electron chi connectivity index (χ3n) is 4.94. The van der Waals surface area contributed by atoms with Crippen molar-refractivity contribution in [2.24, 2.45) is 0 Å². The van der Waals surface area contributed by atoms with E-state index in [1.807, 2.05) is 6.92 Å². The lowest BCUT2D eigenvalue weighted by atomic mass is 10.0. The normalized spacial score (nSPS) is 10.8. The molecule has 0 aliphatic heterocycles. The first kappa shape index (κ1) is 21.0. The second-order valence-electron chi connectivity index (χ2n) is 7.26. The van der Waals surface area contributed by atoms with E-state index < -0.39 is 28.8 Å². The summed E-state index contributed by atoms with van der Waals surface area (Å²) < 4.78 is 28.5. The van der Waals surface area contributed by atoms with E-state index in [1.165, 1.54) is 35.3 Å². The van der Waals surface area contributed by atoms with Gasteiger partial charge in [-0.25, -0.2) is 8.78 Å². The number of aromatic nitrogens is 2. The molecular formula is C24H17F2N3O3. The summed E-state index contributed by atoms with van der Waals surface area (Å²) in [4.78, 5) is 42.5. The van der Waals surface area contributed by atoms with Gasteiger partial charge in [-0.15, -0.1) is 0 Å². The van der Waals surface area contributed by atoms with E-state index in [2.05, 4.69) is 10.3 Å². The average Bonchev–Trinajstić information content (AvgIpc) is 2.78. The number of carbonyl (C=O) groups is 2. The number of hydrogen-bond donors (Lipinski definition) is 1. The predicted molar refractivity (Wildman–Crippen MR) is 116 cm³/mol. The van der Waals surface area contributed by atoms with Gasteiger partial charge in [0, 0.05) is 35.6 Å². The number of halogens is 2. The summed E-state index contributed by atoms with van der Waals surface area (Å²) in [6.45, 7) is 1.51. The largest absolute Gasteiger partial charge is 0.337 e. The summed E-state index contributed by atoms with van der Waals surface area (Å²) in [5.74, 6) is -2.78. The monoisotopic (exact) mass is 433 g/mol. The number of carbonyl (C=O) groups excluding carboxylic acids is 2. The fourth-order valence-electron chi connectivity index (χ4n) is 3.40. The standard InChI is InChI=1S/C24H17F2N3O3/c1-14-2-5-21-17(10-14)24(32)18(23(31)15-6-8-27-9-7-15)12-29(21)13-22(30)28-20-4-3-16(25)11-19(20)26/h2-12H,13H2,1H3,(H,28,30). The Morgan fingerprint density at radius 1 is 1.03 bits per heavy atom. The number of nitrogens with one attached hydrogen (secondary N) is 1. The van der Waals surface area contributed by atoms with Crippen molar-refractivity contribution in [2.45, 2.75) is 13.5 Å². The summed E-state index contributed by atoms with van der Waals surface area (Å²) in [5, 5.41) is 2.67. The minimum absolute atomic E-state index is 0.102. The fourth-order valence-corrected chi connectivity index (χ4v) is 3.40. The SMILES string of the molecule is Cc1ccc2c(c1)c(=O)c(C(=O)c1ccncc1)cn2CC(=O)Nc1ccc(F)cc1F.